The van der Waals surface area contributed by atoms with Gasteiger partial charge in [-0.05, 0) is 113 Å². The lowest BCUT2D eigenvalue weighted by molar-refractivity contribution is -0.137. The lowest BCUT2D eigenvalue weighted by Gasteiger charge is -2.35. The van der Waals surface area contributed by atoms with Gasteiger partial charge in [0.15, 0.2) is 0 Å². The highest BCUT2D eigenvalue weighted by molar-refractivity contribution is 5.96. The molecule has 0 aliphatic carbocycles. The van der Waals surface area contributed by atoms with Crippen molar-refractivity contribution in [1.82, 2.24) is 20.1 Å². The first kappa shape index (κ1) is 54.9. The van der Waals surface area contributed by atoms with Gasteiger partial charge in [0.05, 0.1) is 63.9 Å². The summed E-state index contributed by atoms with van der Waals surface area (Å²) in [6.07, 6.45) is -1.40. The second-order valence-electron chi connectivity index (χ2n) is 17.7. The molecule has 2 heterocycles. The van der Waals surface area contributed by atoms with Crippen LogP contribution in [0.3, 0.4) is 0 Å². The quantitative estimate of drug-likeness (QED) is 0.0582. The fraction of sp³-hybridized carbons (Fsp3) is 0.472. The van der Waals surface area contributed by atoms with Crippen LogP contribution in [0.1, 0.15) is 80.1 Å². The number of ether oxygens (including phenoxy) is 5. The molecule has 4 aromatic rings. The van der Waals surface area contributed by atoms with E-state index in [9.17, 15) is 27.6 Å². The van der Waals surface area contributed by atoms with Crippen LogP contribution >= 0.6 is 0 Å². The summed E-state index contributed by atoms with van der Waals surface area (Å²) in [7, 11) is 0. The number of nitrogens with one attached hydrogen (secondary N) is 2. The summed E-state index contributed by atoms with van der Waals surface area (Å²) in [5.41, 5.74) is 5.06. The summed E-state index contributed by atoms with van der Waals surface area (Å²) >= 11 is 0. The predicted molar refractivity (Wildman–Crippen MR) is 266 cm³/mol. The summed E-state index contributed by atoms with van der Waals surface area (Å²) in [5.74, 6) is -0.437. The third-order valence-electron chi connectivity index (χ3n) is 11.3. The Hall–Kier alpha value is -6.01. The number of rotatable bonds is 26. The zero-order valence-electron chi connectivity index (χ0n) is 41.2. The molecule has 5 rings (SSSR count). The highest BCUT2D eigenvalue weighted by Crippen LogP contribution is 2.34. The zero-order valence-corrected chi connectivity index (χ0v) is 41.2. The molecule has 2 N–H and O–H groups in total. The number of anilines is 2. The summed E-state index contributed by atoms with van der Waals surface area (Å²) in [5, 5.41) is 6.23. The molecular weight excluding hydrogens is 906 g/mol. The Labute approximate surface area is 410 Å². The van der Waals surface area contributed by atoms with Crippen molar-refractivity contribution in [3.05, 3.63) is 119 Å². The number of piperazine rings is 1. The predicted octanol–water partition coefficient (Wildman–Crippen LogP) is 9.09. The van der Waals surface area contributed by atoms with E-state index < -0.39 is 23.2 Å². The number of hydrogen-bond acceptors (Lipinski definition) is 11. The van der Waals surface area contributed by atoms with E-state index in [1.54, 1.807) is 34.2 Å². The Morgan fingerprint density at radius 1 is 0.729 bits per heavy atom. The molecule has 0 atom stereocenters. The van der Waals surface area contributed by atoms with Crippen molar-refractivity contribution in [3.63, 3.8) is 0 Å². The lowest BCUT2D eigenvalue weighted by atomic mass is 10.0. The van der Waals surface area contributed by atoms with Crippen molar-refractivity contribution < 1.29 is 51.2 Å². The van der Waals surface area contributed by atoms with Crippen LogP contribution < -0.4 is 15.5 Å². The molecular formula is C53H69F3N6O8. The number of aromatic nitrogens is 1. The number of halogens is 3. The summed E-state index contributed by atoms with van der Waals surface area (Å²) in [6.45, 7) is 20.8. The number of hydrogen-bond donors (Lipinski definition) is 2. The molecule has 1 saturated heterocycles. The van der Waals surface area contributed by atoms with Gasteiger partial charge in [0.2, 0.25) is 5.91 Å². The molecule has 0 spiro atoms. The van der Waals surface area contributed by atoms with Crippen molar-refractivity contribution >= 4 is 35.0 Å². The van der Waals surface area contributed by atoms with Crippen LogP contribution in [0, 0.1) is 0 Å². The monoisotopic (exact) mass is 975 g/mol. The maximum Gasteiger partial charge on any atom is 0.416 e. The molecule has 380 valence electrons. The molecule has 1 aliphatic heterocycles. The van der Waals surface area contributed by atoms with Crippen LogP contribution in [0.4, 0.5) is 29.3 Å². The average Bonchev–Trinajstić information content (AvgIpc) is 3.34. The number of carbonyl (C=O) groups is 3. The van der Waals surface area contributed by atoms with Gasteiger partial charge in [0.25, 0.3) is 5.91 Å². The second kappa shape index (κ2) is 27.4. The number of pyridine rings is 1. The first-order chi connectivity index (χ1) is 33.5. The molecule has 1 aromatic heterocycles. The van der Waals surface area contributed by atoms with Crippen LogP contribution in [0.5, 0.6) is 0 Å². The fourth-order valence-corrected chi connectivity index (χ4v) is 7.57. The Morgan fingerprint density at radius 2 is 1.36 bits per heavy atom. The standard InChI is InChI=1S/C53H69F3N6O8/c1-7-60(8-2)45-17-18-47(46(37-45)48-36-43(19-21-57-48)50(64)58-38-41-13-10-16-44(35-41)53(54,55)56)59-39(3)42-15-9-12-40(34-42)14-11-26-66-28-30-68-32-33-69-31-29-67-27-20-49(63)61-22-24-62(25-23-61)51(65)70-52(4,5)6/h9-10,12-13,15-19,21,34-37,59H,3,7-8,11,14,20,22-33,38H2,1-2,4-6H3,(H,58,64). The van der Waals surface area contributed by atoms with Crippen LogP contribution in [0.2, 0.25) is 0 Å². The first-order valence-electron chi connectivity index (χ1n) is 24.0. The normalized spacial score (nSPS) is 13.0. The van der Waals surface area contributed by atoms with E-state index in [0.717, 1.165) is 66.1 Å². The van der Waals surface area contributed by atoms with Crippen molar-refractivity contribution in [3.8, 4) is 11.3 Å². The number of benzene rings is 3. The molecule has 3 aromatic carbocycles. The largest absolute Gasteiger partial charge is 0.444 e. The van der Waals surface area contributed by atoms with Gasteiger partial charge in [-0.1, -0.05) is 36.9 Å². The van der Waals surface area contributed by atoms with E-state index in [2.05, 4.69) is 53.1 Å². The number of nitrogens with zero attached hydrogens (tertiary/aromatic N) is 4. The molecule has 0 unspecified atom stereocenters. The zero-order chi connectivity index (χ0) is 50.5. The van der Waals surface area contributed by atoms with E-state index in [4.69, 9.17) is 23.7 Å². The first-order valence-corrected chi connectivity index (χ1v) is 24.0. The SMILES string of the molecule is C=C(Nc1ccc(N(CC)CC)cc1-c1cc(C(=O)NCc2cccc(C(F)(F)F)c2)ccn1)c1cccc(CCCOCCOCCOCCOCCC(=O)N2CCN(C(=O)OC(C)(C)C)CC2)c1. The number of aryl methyl sites for hydroxylation is 1. The van der Waals surface area contributed by atoms with Gasteiger partial charge in [-0.2, -0.15) is 13.2 Å². The van der Waals surface area contributed by atoms with E-state index in [1.807, 2.05) is 51.1 Å². The molecule has 1 aliphatic rings. The van der Waals surface area contributed by atoms with Gasteiger partial charge < -0.3 is 49.0 Å². The van der Waals surface area contributed by atoms with Crippen molar-refractivity contribution in [2.24, 2.45) is 0 Å². The minimum atomic E-state index is -4.48. The van der Waals surface area contributed by atoms with Gasteiger partial charge >= 0.3 is 12.3 Å². The number of amides is 3. The second-order valence-corrected chi connectivity index (χ2v) is 17.7. The average molecular weight is 975 g/mol. The Balaban J connectivity index is 0.987. The van der Waals surface area contributed by atoms with Gasteiger partial charge in [-0.25, -0.2) is 4.79 Å². The van der Waals surface area contributed by atoms with Gasteiger partial charge in [-0.3, -0.25) is 14.6 Å². The van der Waals surface area contributed by atoms with Crippen molar-refractivity contribution in [2.45, 2.75) is 72.2 Å². The number of alkyl halides is 3. The van der Waals surface area contributed by atoms with Crippen LogP contribution in [-0.2, 0) is 47.6 Å². The maximum absolute atomic E-state index is 13.3. The third kappa shape index (κ3) is 18.1. The van der Waals surface area contributed by atoms with E-state index >= 15 is 0 Å². The van der Waals surface area contributed by atoms with Crippen molar-refractivity contribution in [2.75, 3.05) is 102 Å². The van der Waals surface area contributed by atoms with Gasteiger partial charge in [0, 0.05) is 86.8 Å². The molecule has 14 nitrogen and oxygen atoms in total. The molecule has 70 heavy (non-hydrogen) atoms. The van der Waals surface area contributed by atoms with Crippen LogP contribution in [0.25, 0.3) is 17.0 Å². The van der Waals surface area contributed by atoms with E-state index in [1.165, 1.54) is 6.07 Å². The third-order valence-corrected chi connectivity index (χ3v) is 11.3. The van der Waals surface area contributed by atoms with Crippen molar-refractivity contribution in [1.29, 1.82) is 0 Å². The molecule has 3 amide bonds. The summed E-state index contributed by atoms with van der Waals surface area (Å²) in [6, 6.07) is 22.3. The lowest BCUT2D eigenvalue weighted by Crippen LogP contribution is -2.51. The Morgan fingerprint density at radius 3 is 2.01 bits per heavy atom. The van der Waals surface area contributed by atoms with E-state index in [-0.39, 0.29) is 25.0 Å². The maximum atomic E-state index is 13.3. The minimum absolute atomic E-state index is 0.00212. The molecule has 17 heteroatoms. The van der Waals surface area contributed by atoms with Gasteiger partial charge in [0.1, 0.15) is 5.60 Å². The highest BCUT2D eigenvalue weighted by Gasteiger charge is 2.30. The Kier molecular flexibility index (Phi) is 21.5. The topological polar surface area (TPSA) is 144 Å². The number of carbonyl (C=O) groups excluding carboxylic acids is 3. The smallest absolute Gasteiger partial charge is 0.416 e. The fourth-order valence-electron chi connectivity index (χ4n) is 7.57. The highest BCUT2D eigenvalue weighted by atomic mass is 19.4. The molecule has 0 saturated carbocycles. The minimum Gasteiger partial charge on any atom is -0.444 e. The summed E-state index contributed by atoms with van der Waals surface area (Å²) < 4.78 is 67.8. The van der Waals surface area contributed by atoms with E-state index in [0.29, 0.717) is 102 Å². The molecule has 1 fully saturated rings. The van der Waals surface area contributed by atoms with Crippen LogP contribution in [0.15, 0.2) is 91.6 Å². The molecule has 0 bridgehead atoms. The molecule has 0 radical (unpaired) electrons. The Bertz CT molecular complexity index is 2310. The summed E-state index contributed by atoms with van der Waals surface area (Å²) in [4.78, 5) is 48.3. The van der Waals surface area contributed by atoms with Gasteiger partial charge in [-0.15, -0.1) is 0 Å². The van der Waals surface area contributed by atoms with Crippen LogP contribution in [-0.4, -0.2) is 130 Å².